The minimum absolute atomic E-state index is 0.0727. The second kappa shape index (κ2) is 12.7. The Labute approximate surface area is 276 Å². The van der Waals surface area contributed by atoms with Gasteiger partial charge in [0.15, 0.2) is 5.78 Å². The van der Waals surface area contributed by atoms with Gasteiger partial charge in [-0.3, -0.25) is 4.79 Å². The van der Waals surface area contributed by atoms with Gasteiger partial charge in [0.25, 0.3) is 0 Å². The van der Waals surface area contributed by atoms with Crippen LogP contribution in [0.15, 0.2) is 60.9 Å². The van der Waals surface area contributed by atoms with E-state index < -0.39 is 23.0 Å². The van der Waals surface area contributed by atoms with E-state index in [2.05, 4.69) is 15.3 Å². The molecule has 2 fully saturated rings. The van der Waals surface area contributed by atoms with Gasteiger partial charge in [-0.25, -0.2) is 19.7 Å². The molecule has 1 saturated carbocycles. The lowest BCUT2D eigenvalue weighted by molar-refractivity contribution is -0.190. The highest BCUT2D eigenvalue weighted by Crippen LogP contribution is 2.58. The molecule has 2 aliphatic rings. The predicted molar refractivity (Wildman–Crippen MR) is 175 cm³/mol. The number of nitrogens with one attached hydrogen (secondary N) is 1. The second-order valence-corrected chi connectivity index (χ2v) is 13.5. The van der Waals surface area contributed by atoms with Crippen LogP contribution in [0, 0.1) is 12.3 Å². The maximum atomic E-state index is 13.7. The third kappa shape index (κ3) is 6.93. The third-order valence-electron chi connectivity index (χ3n) is 8.78. The van der Waals surface area contributed by atoms with E-state index in [-0.39, 0.29) is 37.3 Å². The summed E-state index contributed by atoms with van der Waals surface area (Å²) >= 11 is 0. The number of fused-ring (bicyclic) bond motifs is 1. The van der Waals surface area contributed by atoms with Crippen LogP contribution in [-0.2, 0) is 16.0 Å². The highest BCUT2D eigenvalue weighted by atomic mass is 19.4. The fraction of sp³-hybridized carbons (Fsp3) is 0.417. The average Bonchev–Trinajstić information content (AvgIpc) is 3.85. The number of Topliss-reactive ketones (excluding diaryl/α,β-unsaturated/α-hetero) is 1. The van der Waals surface area contributed by atoms with Crippen LogP contribution in [-0.4, -0.2) is 62.6 Å². The number of aryl methyl sites for hydroxylation is 1. The summed E-state index contributed by atoms with van der Waals surface area (Å²) in [7, 11) is 0. The lowest BCUT2D eigenvalue weighted by atomic mass is 9.91. The summed E-state index contributed by atoms with van der Waals surface area (Å²) < 4.78 is 53.0. The maximum absolute atomic E-state index is 13.7. The van der Waals surface area contributed by atoms with Crippen molar-refractivity contribution in [3.8, 4) is 22.9 Å². The molecular formula is C36H38F3N5O4. The second-order valence-electron chi connectivity index (χ2n) is 13.5. The monoisotopic (exact) mass is 661 g/mol. The van der Waals surface area contributed by atoms with Crippen LogP contribution in [0.3, 0.4) is 0 Å². The molecule has 252 valence electrons. The van der Waals surface area contributed by atoms with Crippen LogP contribution < -0.4 is 10.1 Å². The molecule has 48 heavy (non-hydrogen) atoms. The van der Waals surface area contributed by atoms with E-state index >= 15 is 0 Å². The van der Waals surface area contributed by atoms with Gasteiger partial charge in [0.1, 0.15) is 16.8 Å². The highest BCUT2D eigenvalue weighted by molar-refractivity contribution is 5.97. The van der Waals surface area contributed by atoms with Crippen LogP contribution in [0.1, 0.15) is 57.6 Å². The molecule has 3 heterocycles. The Kier molecular flexibility index (Phi) is 8.78. The topological polar surface area (TPSA) is 107 Å². The van der Waals surface area contributed by atoms with Crippen molar-refractivity contribution in [1.29, 1.82) is 0 Å². The van der Waals surface area contributed by atoms with Crippen molar-refractivity contribution in [2.75, 3.05) is 18.4 Å². The Morgan fingerprint density at radius 3 is 2.52 bits per heavy atom. The van der Waals surface area contributed by atoms with Gasteiger partial charge in [-0.1, -0.05) is 30.3 Å². The smallest absolute Gasteiger partial charge is 0.410 e. The van der Waals surface area contributed by atoms with E-state index in [0.717, 1.165) is 18.4 Å². The van der Waals surface area contributed by atoms with Gasteiger partial charge in [-0.15, -0.1) is 0 Å². The molecule has 2 aromatic carbocycles. The van der Waals surface area contributed by atoms with Crippen LogP contribution in [0.4, 0.5) is 23.9 Å². The van der Waals surface area contributed by atoms with Gasteiger partial charge >= 0.3 is 12.3 Å². The summed E-state index contributed by atoms with van der Waals surface area (Å²) in [6.07, 6.45) is -0.678. The van der Waals surface area contributed by atoms with Crippen molar-refractivity contribution in [3.05, 3.63) is 72.1 Å². The first-order valence-corrected chi connectivity index (χ1v) is 16.1. The highest BCUT2D eigenvalue weighted by Gasteiger charge is 2.67. The maximum Gasteiger partial charge on any atom is 0.410 e. The lowest BCUT2D eigenvalue weighted by Gasteiger charge is -2.34. The molecule has 2 aromatic heterocycles. The minimum Gasteiger partial charge on any atom is -0.444 e. The van der Waals surface area contributed by atoms with Crippen molar-refractivity contribution in [1.82, 2.24) is 19.9 Å². The molecule has 1 aliphatic carbocycles. The number of carbonyl (C=O) groups is 2. The number of nitrogens with zero attached hydrogens (tertiary/aromatic N) is 4. The predicted octanol–water partition coefficient (Wildman–Crippen LogP) is 8.06. The van der Waals surface area contributed by atoms with Crippen molar-refractivity contribution < 1.29 is 32.2 Å². The van der Waals surface area contributed by atoms with Crippen molar-refractivity contribution in [3.63, 3.8) is 0 Å². The SMILES string of the molecule is Cc1ccc2c(CC(=O)C3(C(F)(F)F)CC3)cccc2c1Oc1ncccc1-c1ccnc(N[C@H]2CCCN(C(=O)OC(C)(C)C)C2)n1. The Morgan fingerprint density at radius 2 is 1.79 bits per heavy atom. The Balaban J connectivity index is 1.24. The summed E-state index contributed by atoms with van der Waals surface area (Å²) in [4.78, 5) is 40.9. The average molecular weight is 662 g/mol. The number of piperidine rings is 1. The molecule has 1 saturated heterocycles. The van der Waals surface area contributed by atoms with Crippen LogP contribution in [0.25, 0.3) is 22.0 Å². The molecule has 1 N–H and O–H groups in total. The number of hydrogen-bond donors (Lipinski definition) is 1. The number of anilines is 1. The van der Waals surface area contributed by atoms with Gasteiger partial charge in [0.2, 0.25) is 11.8 Å². The number of aromatic nitrogens is 3. The molecule has 1 aliphatic heterocycles. The molecule has 0 radical (unpaired) electrons. The molecule has 12 heteroatoms. The largest absolute Gasteiger partial charge is 0.444 e. The first-order valence-electron chi connectivity index (χ1n) is 16.1. The molecule has 9 nitrogen and oxygen atoms in total. The fourth-order valence-corrected chi connectivity index (χ4v) is 6.09. The summed E-state index contributed by atoms with van der Waals surface area (Å²) in [5, 5.41) is 4.66. The van der Waals surface area contributed by atoms with Crippen molar-refractivity contribution in [2.24, 2.45) is 5.41 Å². The number of alkyl halides is 3. The number of pyridine rings is 1. The van der Waals surface area contributed by atoms with Gasteiger partial charge in [-0.2, -0.15) is 13.2 Å². The third-order valence-corrected chi connectivity index (χ3v) is 8.78. The molecule has 1 atom stereocenters. The number of likely N-dealkylation sites (tertiary alicyclic amines) is 1. The number of halogens is 3. The zero-order valence-corrected chi connectivity index (χ0v) is 27.4. The Morgan fingerprint density at radius 1 is 1.00 bits per heavy atom. The Hall–Kier alpha value is -4.74. The first-order chi connectivity index (χ1) is 22.7. The molecule has 0 bridgehead atoms. The molecule has 1 amide bonds. The zero-order valence-electron chi connectivity index (χ0n) is 27.4. The van der Waals surface area contributed by atoms with Gasteiger partial charge < -0.3 is 19.7 Å². The fourth-order valence-electron chi connectivity index (χ4n) is 6.09. The summed E-state index contributed by atoms with van der Waals surface area (Å²) in [6.45, 7) is 8.46. The van der Waals surface area contributed by atoms with Crippen LogP contribution in [0.5, 0.6) is 11.6 Å². The van der Waals surface area contributed by atoms with E-state index in [9.17, 15) is 22.8 Å². The quantitative estimate of drug-likeness (QED) is 0.202. The minimum atomic E-state index is -4.55. The molecular weight excluding hydrogens is 623 g/mol. The number of amides is 1. The van der Waals surface area contributed by atoms with E-state index in [1.54, 1.807) is 41.6 Å². The Bertz CT molecular complexity index is 1850. The summed E-state index contributed by atoms with van der Waals surface area (Å²) in [6, 6.07) is 14.1. The van der Waals surface area contributed by atoms with E-state index in [1.807, 2.05) is 52.0 Å². The van der Waals surface area contributed by atoms with Crippen molar-refractivity contribution in [2.45, 2.75) is 77.6 Å². The van der Waals surface area contributed by atoms with Gasteiger partial charge in [0.05, 0.1) is 11.3 Å². The molecule has 4 aromatic rings. The van der Waals surface area contributed by atoms with Gasteiger partial charge in [-0.05, 0) is 88.1 Å². The normalized spacial score (nSPS) is 17.6. The molecule has 0 spiro atoms. The van der Waals surface area contributed by atoms with E-state index in [4.69, 9.17) is 14.5 Å². The van der Waals surface area contributed by atoms with E-state index in [0.29, 0.717) is 52.4 Å². The molecule has 0 unspecified atom stereocenters. The molecule has 6 rings (SSSR count). The number of ketones is 1. The number of benzene rings is 2. The van der Waals surface area contributed by atoms with Crippen LogP contribution >= 0.6 is 0 Å². The number of rotatable bonds is 8. The van der Waals surface area contributed by atoms with Crippen molar-refractivity contribution >= 4 is 28.6 Å². The number of carbonyl (C=O) groups excluding carboxylic acids is 2. The standard InChI is InChI=1S/C36H38F3N5O4/c1-22-12-13-25-23(20-29(45)35(15-16-35)36(37,38)39)8-5-10-26(25)30(22)47-31-27(11-6-17-40-31)28-14-18-41-32(43-28)42-24-9-7-19-44(21-24)33(46)48-34(2,3)4/h5-6,8,10-14,17-18,24H,7,9,15-16,19-21H2,1-4H3,(H,41,42,43)/t24-/m0/s1. The summed E-state index contributed by atoms with van der Waals surface area (Å²) in [5.41, 5.74) is -0.360. The zero-order chi connectivity index (χ0) is 34.3. The number of ether oxygens (including phenoxy) is 2. The summed E-state index contributed by atoms with van der Waals surface area (Å²) in [5.74, 6) is 0.343. The lowest BCUT2D eigenvalue weighted by Crippen LogP contribution is -2.47. The van der Waals surface area contributed by atoms with Crippen LogP contribution in [0.2, 0.25) is 0 Å². The van der Waals surface area contributed by atoms with E-state index in [1.165, 1.54) is 0 Å². The number of hydrogen-bond acceptors (Lipinski definition) is 8. The van der Waals surface area contributed by atoms with Gasteiger partial charge in [0, 0.05) is 43.3 Å². The first kappa shape index (κ1) is 33.2.